The summed E-state index contributed by atoms with van der Waals surface area (Å²) in [6.45, 7) is 8.95. The summed E-state index contributed by atoms with van der Waals surface area (Å²) in [5.41, 5.74) is 4.44. The van der Waals surface area contributed by atoms with Crippen LogP contribution in [-0.4, -0.2) is 172 Å². The Hall–Kier alpha value is -0.600. The van der Waals surface area contributed by atoms with E-state index in [0.29, 0.717) is 72.0 Å². The molecule has 2 heterocycles. The molecule has 0 amide bonds. The van der Waals surface area contributed by atoms with Gasteiger partial charge in [-0.1, -0.05) is 48.5 Å². The van der Waals surface area contributed by atoms with Crippen molar-refractivity contribution >= 4 is 32.7 Å². The molecule has 0 unspecified atom stereocenters. The Morgan fingerprint density at radius 3 is 0.980 bits per heavy atom. The molecule has 0 radical (unpaired) electrons. The van der Waals surface area contributed by atoms with E-state index >= 15 is 0 Å². The fraction of sp³-hybridized carbons (Fsp3) is 0.600. The van der Waals surface area contributed by atoms with E-state index in [9.17, 15) is 43.7 Å². The quantitative estimate of drug-likeness (QED) is 0.135. The number of hydrogen-bond acceptors (Lipinski definition) is 13. The minimum atomic E-state index is -4.22. The number of hydrogen-bond donors (Lipinski definition) is 8. The van der Waals surface area contributed by atoms with Crippen molar-refractivity contribution in [2.24, 2.45) is 0 Å². The summed E-state index contributed by atoms with van der Waals surface area (Å²) in [6.07, 6.45) is 0.240. The van der Waals surface area contributed by atoms with Crippen LogP contribution in [0.15, 0.2) is 48.5 Å². The largest absolute Gasteiger partial charge is 0.349 e. The second-order valence-electron chi connectivity index (χ2n) is 12.8. The van der Waals surface area contributed by atoms with Gasteiger partial charge in [0.2, 0.25) is 0 Å². The zero-order valence-electron chi connectivity index (χ0n) is 27.8. The molecule has 2 aliphatic heterocycles. The fourth-order valence-corrected chi connectivity index (χ4v) is 8.89. The van der Waals surface area contributed by atoms with Crippen LogP contribution in [0.4, 0.5) is 0 Å². The van der Waals surface area contributed by atoms with Gasteiger partial charge in [-0.15, -0.1) is 0 Å². The number of benzene rings is 2. The summed E-state index contributed by atoms with van der Waals surface area (Å²) in [5, 5.41) is 0. The number of rotatable bonds is 13. The van der Waals surface area contributed by atoms with Crippen molar-refractivity contribution in [3.63, 3.8) is 0 Å². The third-order valence-corrected chi connectivity index (χ3v) is 11.5. The van der Waals surface area contributed by atoms with E-state index in [1.165, 1.54) is 0 Å². The lowest BCUT2D eigenvalue weighted by molar-refractivity contribution is 0.218. The Morgan fingerprint density at radius 2 is 0.714 bits per heavy atom. The molecule has 0 aromatic heterocycles. The van der Waals surface area contributed by atoms with Crippen LogP contribution >= 0.6 is 32.7 Å². The number of nitrogens with zero attached hydrogens (tertiary/aromatic N) is 6. The lowest BCUT2D eigenvalue weighted by Gasteiger charge is -2.26. The van der Waals surface area contributed by atoms with Gasteiger partial charge in [0, 0.05) is 91.6 Å². The van der Waals surface area contributed by atoms with Crippen LogP contribution in [0.1, 0.15) is 11.1 Å². The fourth-order valence-electron chi connectivity index (χ4n) is 6.17. The van der Waals surface area contributed by atoms with E-state index in [0.717, 1.165) is 41.9 Å². The van der Waals surface area contributed by atoms with Gasteiger partial charge in [0.25, 0.3) is 0 Å². The molecule has 4 rings (SSSR count). The Bertz CT molecular complexity index is 1270. The third-order valence-electron chi connectivity index (χ3n) is 8.81. The van der Waals surface area contributed by atoms with Gasteiger partial charge in [0.05, 0.1) is 18.9 Å². The second-order valence-corrected chi connectivity index (χ2v) is 17.5. The maximum Gasteiger partial charge on any atom is 0.339 e. The van der Waals surface area contributed by atoms with E-state index in [4.69, 9.17) is 0 Å². The molecule has 0 bridgehead atoms. The first-order valence-electron chi connectivity index (χ1n) is 16.3. The van der Waals surface area contributed by atoms with E-state index in [-0.39, 0.29) is 25.1 Å². The van der Waals surface area contributed by atoms with Crippen molar-refractivity contribution in [2.45, 2.75) is 13.1 Å². The lowest BCUT2D eigenvalue weighted by atomic mass is 10.0. The lowest BCUT2D eigenvalue weighted by Crippen LogP contribution is -2.36. The summed E-state index contributed by atoms with van der Waals surface area (Å²) in [7, 11) is -10.4. The molecule has 2 saturated heterocycles. The van der Waals surface area contributed by atoms with Crippen LogP contribution in [0.5, 0.6) is 0 Å². The monoisotopic (exact) mass is 764 g/mol. The Labute approximate surface area is 292 Å². The van der Waals surface area contributed by atoms with Crippen LogP contribution in [0.3, 0.4) is 0 Å². The molecule has 2 aliphatic rings. The standard InChI is InChI=1S/C30H52N6O9P4/c37-46(38)23-33-13-9-31(10-14-34(17-16-33)24-47(39)40)21-27-1-5-29(6-2-27)30-7-3-28(4-8-30)22-32-11-15-35(25-48(41)42)18-20-36(19-12-32)26-49(43,44)45/h1-8,37-42H,9-26H2,(H2,43,44,45). The molecule has 19 heteroatoms. The normalized spacial score (nSPS) is 19.9. The van der Waals surface area contributed by atoms with Gasteiger partial charge in [0.15, 0.2) is 25.1 Å². The molecule has 0 atom stereocenters. The van der Waals surface area contributed by atoms with Crippen molar-refractivity contribution in [3.05, 3.63) is 59.7 Å². The summed E-state index contributed by atoms with van der Waals surface area (Å²) in [6, 6.07) is 16.8. The van der Waals surface area contributed by atoms with E-state index in [1.54, 1.807) is 4.90 Å². The van der Waals surface area contributed by atoms with Gasteiger partial charge < -0.3 is 39.1 Å². The van der Waals surface area contributed by atoms with Crippen molar-refractivity contribution in [1.29, 1.82) is 0 Å². The van der Waals surface area contributed by atoms with Crippen LogP contribution in [0, 0.1) is 0 Å². The first-order chi connectivity index (χ1) is 23.3. The predicted octanol–water partition coefficient (Wildman–Crippen LogP) is 1.09. The summed E-state index contributed by atoms with van der Waals surface area (Å²) in [5.74, 6) is 0. The minimum absolute atomic E-state index is 0.141. The van der Waals surface area contributed by atoms with Gasteiger partial charge >= 0.3 is 7.60 Å². The molecule has 2 aromatic rings. The topological polar surface area (TPSA) is 198 Å². The zero-order chi connectivity index (χ0) is 35.4. The average molecular weight is 765 g/mol. The molecule has 0 spiro atoms. The molecule has 0 aliphatic carbocycles. The Balaban J connectivity index is 1.36. The maximum atomic E-state index is 11.7. The first kappa shape index (κ1) is 41.2. The summed E-state index contributed by atoms with van der Waals surface area (Å²) >= 11 is 0. The molecular formula is C30H52N6O9P4. The van der Waals surface area contributed by atoms with E-state index in [2.05, 4.69) is 58.3 Å². The van der Waals surface area contributed by atoms with E-state index in [1.807, 2.05) is 14.7 Å². The SMILES string of the molecule is O=P(O)(O)CN1CCN(Cc2ccc(-c3ccc(CN4CCN(CP(O)O)CCN(CP(O)O)CC4)cc3)cc2)CCN(CP(O)O)CC1. The van der Waals surface area contributed by atoms with Crippen LogP contribution in [0.25, 0.3) is 11.1 Å². The van der Waals surface area contributed by atoms with Gasteiger partial charge in [-0.25, -0.2) is 0 Å². The van der Waals surface area contributed by atoms with Crippen LogP contribution in [-0.2, 0) is 17.7 Å². The van der Waals surface area contributed by atoms with Gasteiger partial charge in [0.1, 0.15) is 6.29 Å². The molecule has 2 fully saturated rings. The van der Waals surface area contributed by atoms with Gasteiger partial charge in [-0.3, -0.25) is 34.0 Å². The Morgan fingerprint density at radius 1 is 0.449 bits per heavy atom. The molecular weight excluding hydrogens is 712 g/mol. The molecule has 2 aromatic carbocycles. The van der Waals surface area contributed by atoms with Crippen molar-refractivity contribution in [1.82, 2.24) is 29.4 Å². The highest BCUT2D eigenvalue weighted by Gasteiger charge is 2.24. The first-order valence-corrected chi connectivity index (χ1v) is 22.4. The van der Waals surface area contributed by atoms with Crippen molar-refractivity contribution in [2.75, 3.05) is 104 Å². The van der Waals surface area contributed by atoms with Crippen molar-refractivity contribution < 1.29 is 43.7 Å². The summed E-state index contributed by atoms with van der Waals surface area (Å²) < 4.78 is 11.7. The van der Waals surface area contributed by atoms with Crippen LogP contribution < -0.4 is 0 Å². The smallest absolute Gasteiger partial charge is 0.339 e. The molecule has 0 saturated carbocycles. The third kappa shape index (κ3) is 15.9. The zero-order valence-corrected chi connectivity index (χ0v) is 31.4. The van der Waals surface area contributed by atoms with Crippen molar-refractivity contribution in [3.8, 4) is 11.1 Å². The van der Waals surface area contributed by atoms with Crippen LogP contribution in [0.2, 0.25) is 0 Å². The molecule has 276 valence electrons. The van der Waals surface area contributed by atoms with Gasteiger partial charge in [-0.2, -0.15) is 0 Å². The molecule has 49 heavy (non-hydrogen) atoms. The molecule has 15 nitrogen and oxygen atoms in total. The Kier molecular flexibility index (Phi) is 17.3. The second kappa shape index (κ2) is 20.6. The molecule has 8 N–H and O–H groups in total. The highest BCUT2D eigenvalue weighted by atomic mass is 31.2. The predicted molar refractivity (Wildman–Crippen MR) is 194 cm³/mol. The van der Waals surface area contributed by atoms with Gasteiger partial charge in [-0.05, 0) is 22.3 Å². The maximum absolute atomic E-state index is 11.7. The highest BCUT2D eigenvalue weighted by Crippen LogP contribution is 2.35. The highest BCUT2D eigenvalue weighted by molar-refractivity contribution is 7.51. The van der Waals surface area contributed by atoms with E-state index < -0.39 is 32.7 Å². The summed E-state index contributed by atoms with van der Waals surface area (Å²) in [4.78, 5) is 88.9. The average Bonchev–Trinajstić information content (AvgIpc) is 3.17. The minimum Gasteiger partial charge on any atom is -0.349 e.